The van der Waals surface area contributed by atoms with Crippen LogP contribution in [0.2, 0.25) is 0 Å². The summed E-state index contributed by atoms with van der Waals surface area (Å²) in [7, 11) is 2.14. The minimum atomic E-state index is 0.226. The predicted molar refractivity (Wildman–Crippen MR) is 97.3 cm³/mol. The van der Waals surface area contributed by atoms with Crippen molar-refractivity contribution < 1.29 is 4.74 Å². The Morgan fingerprint density at radius 3 is 3.00 bits per heavy atom. The van der Waals surface area contributed by atoms with Gasteiger partial charge in [-0.15, -0.1) is 0 Å². The number of anilines is 1. The summed E-state index contributed by atoms with van der Waals surface area (Å²) in [5, 5.41) is 0. The maximum absolute atomic E-state index is 6.45. The second-order valence-electron chi connectivity index (χ2n) is 7.05. The highest BCUT2D eigenvalue weighted by atomic mass is 16.5. The first-order chi connectivity index (χ1) is 11.7. The van der Waals surface area contributed by atoms with Gasteiger partial charge >= 0.3 is 0 Å². The molecule has 4 rings (SSSR count). The maximum atomic E-state index is 6.45. The molecule has 2 N–H and O–H groups in total. The van der Waals surface area contributed by atoms with E-state index >= 15 is 0 Å². The third-order valence-corrected chi connectivity index (χ3v) is 5.24. The number of hydrogen-bond acceptors (Lipinski definition) is 4. The Balaban J connectivity index is 1.59. The summed E-state index contributed by atoms with van der Waals surface area (Å²) >= 11 is 0. The number of nitrogen functional groups attached to an aromatic ring is 1. The molecule has 0 spiro atoms. The molecule has 2 aromatic rings. The standard InChI is InChI=1S/C20H25N3O/c1-23-11-3-5-16(13-23)24-19-12-15(9-10-22-19)18-8-7-14-4-2-6-17(14)20(18)21/h7-10,12,16H,2-6,11,13,21H2,1H3. The summed E-state index contributed by atoms with van der Waals surface area (Å²) in [6.45, 7) is 2.12. The molecule has 1 saturated heterocycles. The lowest BCUT2D eigenvalue weighted by atomic mass is 9.98. The Morgan fingerprint density at radius 2 is 2.12 bits per heavy atom. The molecule has 4 nitrogen and oxygen atoms in total. The van der Waals surface area contributed by atoms with Crippen LogP contribution < -0.4 is 10.5 Å². The summed E-state index contributed by atoms with van der Waals surface area (Å²) in [5.41, 5.74) is 12.3. The third kappa shape index (κ3) is 2.98. The SMILES string of the molecule is CN1CCCC(Oc2cc(-c3ccc4c(c3N)CCC4)ccn2)C1. The largest absolute Gasteiger partial charge is 0.473 e. The molecule has 0 saturated carbocycles. The van der Waals surface area contributed by atoms with Gasteiger partial charge in [-0.05, 0) is 68.5 Å². The van der Waals surface area contributed by atoms with Crippen LogP contribution in [0.3, 0.4) is 0 Å². The smallest absolute Gasteiger partial charge is 0.214 e. The molecule has 126 valence electrons. The van der Waals surface area contributed by atoms with Crippen LogP contribution in [0.15, 0.2) is 30.5 Å². The minimum absolute atomic E-state index is 0.226. The Morgan fingerprint density at radius 1 is 1.21 bits per heavy atom. The zero-order valence-electron chi connectivity index (χ0n) is 14.3. The highest BCUT2D eigenvalue weighted by molar-refractivity contribution is 5.80. The van der Waals surface area contributed by atoms with Crippen molar-refractivity contribution in [2.45, 2.75) is 38.2 Å². The number of nitrogens with two attached hydrogens (primary N) is 1. The van der Waals surface area contributed by atoms with Gasteiger partial charge < -0.3 is 15.4 Å². The number of aryl methyl sites for hydroxylation is 1. The first-order valence-corrected chi connectivity index (χ1v) is 8.92. The molecular formula is C20H25N3O. The molecule has 4 heteroatoms. The normalized spacial score (nSPS) is 20.8. The summed E-state index contributed by atoms with van der Waals surface area (Å²) in [6, 6.07) is 8.42. The molecule has 1 aromatic heterocycles. The van der Waals surface area contributed by atoms with Crippen molar-refractivity contribution >= 4 is 5.69 Å². The molecule has 1 unspecified atom stereocenters. The number of ether oxygens (including phenoxy) is 1. The number of aromatic nitrogens is 1. The van der Waals surface area contributed by atoms with E-state index in [9.17, 15) is 0 Å². The van der Waals surface area contributed by atoms with E-state index in [1.165, 1.54) is 24.0 Å². The number of pyridine rings is 1. The lowest BCUT2D eigenvalue weighted by Gasteiger charge is -2.29. The molecule has 1 fully saturated rings. The second-order valence-corrected chi connectivity index (χ2v) is 7.05. The van der Waals surface area contributed by atoms with Crippen molar-refractivity contribution in [3.05, 3.63) is 41.6 Å². The number of rotatable bonds is 3. The molecule has 24 heavy (non-hydrogen) atoms. The molecule has 0 bridgehead atoms. The number of benzene rings is 1. The van der Waals surface area contributed by atoms with E-state index in [1.54, 1.807) is 0 Å². The third-order valence-electron chi connectivity index (χ3n) is 5.24. The first kappa shape index (κ1) is 15.5. The average molecular weight is 323 g/mol. The number of likely N-dealkylation sites (tertiary alicyclic amines) is 1. The summed E-state index contributed by atoms with van der Waals surface area (Å²) in [5.74, 6) is 0.702. The van der Waals surface area contributed by atoms with Gasteiger partial charge in [-0.1, -0.05) is 12.1 Å². The molecule has 1 aliphatic heterocycles. The predicted octanol–water partition coefficient (Wildman–Crippen LogP) is 3.29. The molecule has 2 heterocycles. The van der Waals surface area contributed by atoms with Crippen LogP contribution in [0.4, 0.5) is 5.69 Å². The van der Waals surface area contributed by atoms with Crippen LogP contribution >= 0.6 is 0 Å². The van der Waals surface area contributed by atoms with Crippen LogP contribution in [0.5, 0.6) is 5.88 Å². The number of nitrogens with zero attached hydrogens (tertiary/aromatic N) is 2. The number of likely N-dealkylation sites (N-methyl/N-ethyl adjacent to an activating group) is 1. The van der Waals surface area contributed by atoms with Gasteiger partial charge in [0.15, 0.2) is 0 Å². The van der Waals surface area contributed by atoms with Gasteiger partial charge in [0.1, 0.15) is 6.10 Å². The molecule has 2 aliphatic rings. The second kappa shape index (κ2) is 6.44. The lowest BCUT2D eigenvalue weighted by molar-refractivity contribution is 0.100. The van der Waals surface area contributed by atoms with Gasteiger partial charge in [-0.2, -0.15) is 0 Å². The molecule has 0 radical (unpaired) electrons. The van der Waals surface area contributed by atoms with Gasteiger partial charge in [0.05, 0.1) is 0 Å². The molecular weight excluding hydrogens is 298 g/mol. The van der Waals surface area contributed by atoms with E-state index in [4.69, 9.17) is 10.5 Å². The highest BCUT2D eigenvalue weighted by Crippen LogP contribution is 2.36. The fourth-order valence-corrected chi connectivity index (χ4v) is 3.97. The molecule has 1 aliphatic carbocycles. The Labute approximate surface area is 143 Å². The van der Waals surface area contributed by atoms with Crippen molar-refractivity contribution in [1.29, 1.82) is 0 Å². The van der Waals surface area contributed by atoms with Crippen molar-refractivity contribution in [2.24, 2.45) is 0 Å². The van der Waals surface area contributed by atoms with E-state index in [2.05, 4.69) is 29.1 Å². The van der Waals surface area contributed by atoms with Gasteiger partial charge in [0.25, 0.3) is 0 Å². The van der Waals surface area contributed by atoms with Gasteiger partial charge in [-0.25, -0.2) is 4.98 Å². The fraction of sp³-hybridized carbons (Fsp3) is 0.450. The van der Waals surface area contributed by atoms with Crippen LogP contribution in [0, 0.1) is 0 Å². The van der Waals surface area contributed by atoms with E-state index in [1.807, 2.05) is 18.3 Å². The van der Waals surface area contributed by atoms with Crippen molar-refractivity contribution in [3.63, 3.8) is 0 Å². The van der Waals surface area contributed by atoms with Crippen molar-refractivity contribution in [2.75, 3.05) is 25.9 Å². The maximum Gasteiger partial charge on any atom is 0.214 e. The number of fused-ring (bicyclic) bond motifs is 1. The van der Waals surface area contributed by atoms with E-state index in [0.717, 1.165) is 49.2 Å². The average Bonchev–Trinajstić information content (AvgIpc) is 3.05. The minimum Gasteiger partial charge on any atom is -0.473 e. The highest BCUT2D eigenvalue weighted by Gasteiger charge is 2.20. The Hall–Kier alpha value is -2.07. The summed E-state index contributed by atoms with van der Waals surface area (Å²) < 4.78 is 6.13. The topological polar surface area (TPSA) is 51.4 Å². The van der Waals surface area contributed by atoms with E-state index < -0.39 is 0 Å². The zero-order chi connectivity index (χ0) is 16.5. The summed E-state index contributed by atoms with van der Waals surface area (Å²) in [4.78, 5) is 6.72. The number of hydrogen-bond donors (Lipinski definition) is 1. The van der Waals surface area contributed by atoms with E-state index in [-0.39, 0.29) is 6.10 Å². The Kier molecular flexibility index (Phi) is 4.15. The molecule has 1 atom stereocenters. The number of piperidine rings is 1. The zero-order valence-corrected chi connectivity index (χ0v) is 14.3. The molecule has 0 amide bonds. The van der Waals surface area contributed by atoms with Crippen LogP contribution in [0.25, 0.3) is 11.1 Å². The van der Waals surface area contributed by atoms with Crippen LogP contribution in [-0.4, -0.2) is 36.1 Å². The monoisotopic (exact) mass is 323 g/mol. The first-order valence-electron chi connectivity index (χ1n) is 8.92. The molecule has 1 aromatic carbocycles. The van der Waals surface area contributed by atoms with Crippen molar-refractivity contribution in [3.8, 4) is 17.0 Å². The summed E-state index contributed by atoms with van der Waals surface area (Å²) in [6.07, 6.45) is 7.78. The van der Waals surface area contributed by atoms with Crippen LogP contribution in [0.1, 0.15) is 30.4 Å². The van der Waals surface area contributed by atoms with Gasteiger partial charge in [-0.3, -0.25) is 0 Å². The Bertz CT molecular complexity index is 744. The lowest BCUT2D eigenvalue weighted by Crippen LogP contribution is -2.38. The quantitative estimate of drug-likeness (QED) is 0.881. The van der Waals surface area contributed by atoms with Crippen molar-refractivity contribution in [1.82, 2.24) is 9.88 Å². The van der Waals surface area contributed by atoms with Gasteiger partial charge in [0, 0.05) is 30.1 Å². The fourth-order valence-electron chi connectivity index (χ4n) is 3.97. The van der Waals surface area contributed by atoms with Crippen LogP contribution in [-0.2, 0) is 12.8 Å². The van der Waals surface area contributed by atoms with E-state index in [0.29, 0.717) is 5.88 Å². The van der Waals surface area contributed by atoms with Gasteiger partial charge in [0.2, 0.25) is 5.88 Å².